The average Bonchev–Trinajstić information content (AvgIpc) is 3.19. The van der Waals surface area contributed by atoms with Crippen LogP contribution < -0.4 is 11.1 Å². The molecule has 0 saturated heterocycles. The number of hydrogen-bond acceptors (Lipinski definition) is 4. The molecular formula is C18H16N4O3. The Morgan fingerprint density at radius 1 is 1.28 bits per heavy atom. The Morgan fingerprint density at radius 2 is 2.16 bits per heavy atom. The van der Waals surface area contributed by atoms with Gasteiger partial charge in [0.1, 0.15) is 0 Å². The highest BCUT2D eigenvalue weighted by Gasteiger charge is 2.09. The number of nitrogens with one attached hydrogen (secondary N) is 2. The third kappa shape index (κ3) is 2.80. The second-order valence-electron chi connectivity index (χ2n) is 5.87. The molecule has 2 aromatic heterocycles. The highest BCUT2D eigenvalue weighted by molar-refractivity contribution is 5.97. The zero-order valence-electron chi connectivity index (χ0n) is 13.6. The first-order chi connectivity index (χ1) is 12.1. The first kappa shape index (κ1) is 15.2. The molecule has 4 aromatic rings. The van der Waals surface area contributed by atoms with Gasteiger partial charge in [0.25, 0.3) is 5.91 Å². The van der Waals surface area contributed by atoms with Crippen LogP contribution in [0.15, 0.2) is 51.9 Å². The van der Waals surface area contributed by atoms with E-state index >= 15 is 0 Å². The van der Waals surface area contributed by atoms with Gasteiger partial charge in [0.2, 0.25) is 0 Å². The third-order valence-electron chi connectivity index (χ3n) is 4.24. The van der Waals surface area contributed by atoms with Crippen molar-refractivity contribution < 1.29 is 9.21 Å². The van der Waals surface area contributed by atoms with Gasteiger partial charge in [-0.1, -0.05) is 6.07 Å². The van der Waals surface area contributed by atoms with Crippen molar-refractivity contribution in [2.24, 2.45) is 7.05 Å². The van der Waals surface area contributed by atoms with Crippen molar-refractivity contribution >= 4 is 28.0 Å². The fourth-order valence-corrected chi connectivity index (χ4v) is 2.83. The van der Waals surface area contributed by atoms with Gasteiger partial charge in [-0.3, -0.25) is 9.36 Å². The topological polar surface area (TPSA) is 92.9 Å². The van der Waals surface area contributed by atoms with E-state index in [1.165, 1.54) is 4.57 Å². The van der Waals surface area contributed by atoms with Crippen molar-refractivity contribution in [1.29, 1.82) is 0 Å². The molecule has 1 amide bonds. The molecule has 0 unspecified atom stereocenters. The van der Waals surface area contributed by atoms with Crippen LogP contribution in [-0.4, -0.2) is 27.0 Å². The standard InChI is InChI=1S/C18H16N4O3/c1-22-15-5-2-11(8-16(15)25-18(22)24)6-7-19-17(23)12-3-4-13-14(9-12)21-10-20-13/h2-5,8-10H,6-7H2,1H3,(H,19,23)(H,20,21). The number of benzene rings is 2. The Bertz CT molecular complexity index is 1140. The van der Waals surface area contributed by atoms with Crippen LogP contribution in [-0.2, 0) is 13.5 Å². The summed E-state index contributed by atoms with van der Waals surface area (Å²) < 4.78 is 6.64. The zero-order valence-corrected chi connectivity index (χ0v) is 13.6. The molecule has 0 bridgehead atoms. The number of hydrogen-bond donors (Lipinski definition) is 2. The first-order valence-corrected chi connectivity index (χ1v) is 7.91. The fraction of sp³-hybridized carbons (Fsp3) is 0.167. The maximum Gasteiger partial charge on any atom is 0.419 e. The quantitative estimate of drug-likeness (QED) is 0.596. The Labute approximate surface area is 142 Å². The van der Waals surface area contributed by atoms with Gasteiger partial charge < -0.3 is 14.7 Å². The summed E-state index contributed by atoms with van der Waals surface area (Å²) in [6, 6.07) is 11.0. The number of H-pyrrole nitrogens is 1. The van der Waals surface area contributed by atoms with Crippen LogP contribution in [0.25, 0.3) is 22.1 Å². The van der Waals surface area contributed by atoms with E-state index in [1.807, 2.05) is 24.3 Å². The van der Waals surface area contributed by atoms with Gasteiger partial charge in [-0.25, -0.2) is 9.78 Å². The fourth-order valence-electron chi connectivity index (χ4n) is 2.83. The Balaban J connectivity index is 1.43. The van der Waals surface area contributed by atoms with E-state index in [4.69, 9.17) is 4.42 Å². The van der Waals surface area contributed by atoms with Crippen LogP contribution >= 0.6 is 0 Å². The summed E-state index contributed by atoms with van der Waals surface area (Å²) in [5.41, 5.74) is 4.55. The van der Waals surface area contributed by atoms with Crippen molar-refractivity contribution in [3.05, 3.63) is 64.4 Å². The van der Waals surface area contributed by atoms with E-state index in [0.29, 0.717) is 24.1 Å². The highest BCUT2D eigenvalue weighted by Crippen LogP contribution is 2.15. The number of fused-ring (bicyclic) bond motifs is 2. The molecule has 126 valence electrons. The van der Waals surface area contributed by atoms with Crippen molar-refractivity contribution in [2.45, 2.75) is 6.42 Å². The monoisotopic (exact) mass is 336 g/mol. The number of rotatable bonds is 4. The average molecular weight is 336 g/mol. The van der Waals surface area contributed by atoms with Crippen LogP contribution in [0.2, 0.25) is 0 Å². The third-order valence-corrected chi connectivity index (χ3v) is 4.24. The molecule has 0 spiro atoms. The Hall–Kier alpha value is -3.35. The van der Waals surface area contributed by atoms with E-state index in [-0.39, 0.29) is 11.7 Å². The van der Waals surface area contributed by atoms with E-state index < -0.39 is 0 Å². The van der Waals surface area contributed by atoms with Crippen molar-refractivity contribution in [3.63, 3.8) is 0 Å². The van der Waals surface area contributed by atoms with Crippen molar-refractivity contribution in [3.8, 4) is 0 Å². The Morgan fingerprint density at radius 3 is 3.04 bits per heavy atom. The SMILES string of the molecule is Cn1c(=O)oc2cc(CCNC(=O)c3ccc4nc[nH]c4c3)ccc21. The number of oxazole rings is 1. The molecule has 0 fully saturated rings. The summed E-state index contributed by atoms with van der Waals surface area (Å²) in [5, 5.41) is 2.90. The van der Waals surface area contributed by atoms with Gasteiger partial charge in [0, 0.05) is 19.2 Å². The van der Waals surface area contributed by atoms with Crippen molar-refractivity contribution in [2.75, 3.05) is 6.54 Å². The Kier molecular flexibility index (Phi) is 3.61. The van der Waals surface area contributed by atoms with Crippen LogP contribution in [0, 0.1) is 0 Å². The smallest absolute Gasteiger partial charge is 0.408 e. The summed E-state index contributed by atoms with van der Waals surface area (Å²) in [5.74, 6) is -0.515. The molecular weight excluding hydrogens is 320 g/mol. The molecule has 2 aromatic carbocycles. The molecule has 2 N–H and O–H groups in total. The molecule has 0 aliphatic rings. The minimum atomic E-state index is -0.380. The lowest BCUT2D eigenvalue weighted by Crippen LogP contribution is -2.25. The lowest BCUT2D eigenvalue weighted by Gasteiger charge is -2.06. The lowest BCUT2D eigenvalue weighted by molar-refractivity contribution is 0.0954. The molecule has 0 saturated carbocycles. The molecule has 2 heterocycles. The molecule has 7 heteroatoms. The van der Waals surface area contributed by atoms with Crippen LogP contribution in [0.4, 0.5) is 0 Å². The predicted octanol–water partition coefficient (Wildman–Crippen LogP) is 1.98. The van der Waals surface area contributed by atoms with Crippen molar-refractivity contribution in [1.82, 2.24) is 19.9 Å². The van der Waals surface area contributed by atoms with E-state index in [9.17, 15) is 9.59 Å². The number of imidazole rings is 1. The van der Waals surface area contributed by atoms with Gasteiger partial charge >= 0.3 is 5.76 Å². The summed E-state index contributed by atoms with van der Waals surface area (Å²) in [4.78, 5) is 30.9. The van der Waals surface area contributed by atoms with Crippen LogP contribution in [0.3, 0.4) is 0 Å². The van der Waals surface area contributed by atoms with Gasteiger partial charge in [-0.2, -0.15) is 0 Å². The number of amides is 1. The normalized spacial score (nSPS) is 11.2. The molecule has 0 aliphatic carbocycles. The summed E-state index contributed by atoms with van der Waals surface area (Å²) in [6.45, 7) is 0.489. The second kappa shape index (κ2) is 5.94. The number of aryl methyl sites for hydroxylation is 1. The maximum atomic E-state index is 12.3. The van der Waals surface area contributed by atoms with Crippen LogP contribution in [0.5, 0.6) is 0 Å². The zero-order chi connectivity index (χ0) is 17.4. The van der Waals surface area contributed by atoms with E-state index in [1.54, 1.807) is 25.5 Å². The van der Waals surface area contributed by atoms with Gasteiger partial charge in [0.15, 0.2) is 5.58 Å². The largest absolute Gasteiger partial charge is 0.419 e. The molecule has 0 atom stereocenters. The number of nitrogens with zero attached hydrogens (tertiary/aromatic N) is 2. The molecule has 7 nitrogen and oxygen atoms in total. The highest BCUT2D eigenvalue weighted by atomic mass is 16.4. The van der Waals surface area contributed by atoms with Gasteiger partial charge in [-0.15, -0.1) is 0 Å². The minimum Gasteiger partial charge on any atom is -0.408 e. The molecule has 0 aliphatic heterocycles. The second-order valence-corrected chi connectivity index (χ2v) is 5.87. The summed E-state index contributed by atoms with van der Waals surface area (Å²) in [7, 11) is 1.67. The van der Waals surface area contributed by atoms with Gasteiger partial charge in [-0.05, 0) is 42.3 Å². The first-order valence-electron chi connectivity index (χ1n) is 7.91. The maximum absolute atomic E-state index is 12.3. The molecule has 4 rings (SSSR count). The number of carbonyl (C=O) groups is 1. The van der Waals surface area contributed by atoms with E-state index in [0.717, 1.165) is 22.1 Å². The summed E-state index contributed by atoms with van der Waals surface area (Å²) in [6.07, 6.45) is 2.25. The summed E-state index contributed by atoms with van der Waals surface area (Å²) >= 11 is 0. The minimum absolute atomic E-state index is 0.135. The van der Waals surface area contributed by atoms with Gasteiger partial charge in [0.05, 0.1) is 22.9 Å². The number of aromatic nitrogens is 3. The number of aromatic amines is 1. The number of carbonyl (C=O) groups excluding carboxylic acids is 1. The van der Waals surface area contributed by atoms with Crippen LogP contribution in [0.1, 0.15) is 15.9 Å². The molecule has 0 radical (unpaired) electrons. The predicted molar refractivity (Wildman–Crippen MR) is 93.6 cm³/mol. The van der Waals surface area contributed by atoms with E-state index in [2.05, 4.69) is 15.3 Å². The lowest BCUT2D eigenvalue weighted by atomic mass is 10.1. The molecule has 25 heavy (non-hydrogen) atoms.